The zero-order valence-electron chi connectivity index (χ0n) is 13.9. The van der Waals surface area contributed by atoms with Crippen molar-refractivity contribution in [2.75, 3.05) is 13.2 Å². The van der Waals surface area contributed by atoms with Crippen molar-refractivity contribution in [3.05, 3.63) is 42.0 Å². The molecule has 2 rings (SSSR count). The molecule has 4 atom stereocenters. The van der Waals surface area contributed by atoms with Crippen LogP contribution in [0, 0.1) is 0 Å². The second-order valence-electron chi connectivity index (χ2n) is 6.18. The van der Waals surface area contributed by atoms with E-state index in [1.54, 1.807) is 6.92 Å². The molecule has 24 heavy (non-hydrogen) atoms. The third-order valence-electron chi connectivity index (χ3n) is 4.48. The summed E-state index contributed by atoms with van der Waals surface area (Å²) < 4.78 is 0. The molecule has 0 aliphatic carbocycles. The van der Waals surface area contributed by atoms with E-state index in [9.17, 15) is 20.1 Å². The number of aliphatic hydroxyl groups is 3. The second-order valence-corrected chi connectivity index (χ2v) is 6.18. The molecule has 6 heteroatoms. The van der Waals surface area contributed by atoms with Crippen molar-refractivity contribution >= 4 is 12.0 Å². The quantitative estimate of drug-likeness (QED) is 0.506. The number of rotatable bonds is 6. The highest BCUT2D eigenvalue weighted by Gasteiger charge is 2.48. The predicted octanol–water partition coefficient (Wildman–Crippen LogP) is 0.0408. The van der Waals surface area contributed by atoms with Gasteiger partial charge in [0, 0.05) is 13.0 Å². The summed E-state index contributed by atoms with van der Waals surface area (Å²) in [7, 11) is 0. The lowest BCUT2D eigenvalue weighted by atomic mass is 9.79. The standard InChI is InChI=1S/C18H26N2O4/c1-2-15(22)20-18(10-6-9-13-7-4-3-5-8-13)12-19-14(11-21)16(23)17(18)24/h3-9,14,16-17,19,21,23-24H,2,10-12H2,1H3,(H,20,22)/t14-,16-,17+,18+/m1/s1. The molecule has 132 valence electrons. The normalized spacial score (nSPS) is 30.4. The number of piperidine rings is 1. The van der Waals surface area contributed by atoms with Crippen LogP contribution in [0.5, 0.6) is 0 Å². The molecule has 0 spiro atoms. The molecular weight excluding hydrogens is 308 g/mol. The predicted molar refractivity (Wildman–Crippen MR) is 92.1 cm³/mol. The van der Waals surface area contributed by atoms with E-state index in [0.717, 1.165) is 5.56 Å². The van der Waals surface area contributed by atoms with Crippen LogP contribution in [0.3, 0.4) is 0 Å². The molecule has 1 heterocycles. The molecule has 1 aliphatic heterocycles. The highest BCUT2D eigenvalue weighted by molar-refractivity contribution is 5.76. The van der Waals surface area contributed by atoms with Crippen LogP contribution >= 0.6 is 0 Å². The lowest BCUT2D eigenvalue weighted by Gasteiger charge is -2.47. The Bertz CT molecular complexity index is 563. The Balaban J connectivity index is 2.17. The summed E-state index contributed by atoms with van der Waals surface area (Å²) in [4.78, 5) is 11.9. The van der Waals surface area contributed by atoms with Gasteiger partial charge in [0.2, 0.25) is 5.91 Å². The molecule has 1 aromatic rings. The summed E-state index contributed by atoms with van der Waals surface area (Å²) in [5.74, 6) is -0.196. The average molecular weight is 334 g/mol. The molecule has 0 unspecified atom stereocenters. The monoisotopic (exact) mass is 334 g/mol. The maximum Gasteiger partial charge on any atom is 0.220 e. The van der Waals surface area contributed by atoms with Crippen LogP contribution in [0.2, 0.25) is 0 Å². The number of benzene rings is 1. The van der Waals surface area contributed by atoms with Crippen molar-refractivity contribution in [3.63, 3.8) is 0 Å². The number of hydrogen-bond donors (Lipinski definition) is 5. The van der Waals surface area contributed by atoms with Crippen molar-refractivity contribution < 1.29 is 20.1 Å². The van der Waals surface area contributed by atoms with E-state index >= 15 is 0 Å². The van der Waals surface area contributed by atoms with Crippen molar-refractivity contribution in [2.45, 2.75) is 43.6 Å². The molecule has 0 radical (unpaired) electrons. The lowest BCUT2D eigenvalue weighted by Crippen LogP contribution is -2.73. The largest absolute Gasteiger partial charge is 0.395 e. The highest BCUT2D eigenvalue weighted by atomic mass is 16.3. The van der Waals surface area contributed by atoms with Crippen LogP contribution < -0.4 is 10.6 Å². The van der Waals surface area contributed by atoms with Crippen LogP contribution in [-0.4, -0.2) is 58.2 Å². The molecule has 1 aliphatic rings. The topological polar surface area (TPSA) is 102 Å². The van der Waals surface area contributed by atoms with E-state index in [-0.39, 0.29) is 25.5 Å². The Morgan fingerprint density at radius 1 is 1.38 bits per heavy atom. The maximum absolute atomic E-state index is 11.9. The molecule has 1 fully saturated rings. The fraction of sp³-hybridized carbons (Fsp3) is 0.500. The van der Waals surface area contributed by atoms with Crippen molar-refractivity contribution in [2.24, 2.45) is 0 Å². The van der Waals surface area contributed by atoms with Crippen molar-refractivity contribution in [3.8, 4) is 0 Å². The van der Waals surface area contributed by atoms with Gasteiger partial charge in [0.25, 0.3) is 0 Å². The van der Waals surface area contributed by atoms with E-state index in [2.05, 4.69) is 10.6 Å². The number of nitrogens with one attached hydrogen (secondary N) is 2. The first kappa shape index (κ1) is 18.6. The zero-order valence-corrected chi connectivity index (χ0v) is 13.9. The first-order chi connectivity index (χ1) is 11.5. The Kier molecular flexibility index (Phi) is 6.51. The van der Waals surface area contributed by atoms with E-state index < -0.39 is 23.8 Å². The minimum Gasteiger partial charge on any atom is -0.395 e. The third-order valence-corrected chi connectivity index (χ3v) is 4.48. The number of carbonyl (C=O) groups excluding carboxylic acids is 1. The molecule has 0 aromatic heterocycles. The molecule has 0 bridgehead atoms. The molecule has 1 saturated heterocycles. The number of amides is 1. The summed E-state index contributed by atoms with van der Waals surface area (Å²) in [5.41, 5.74) is 0.00483. The van der Waals surface area contributed by atoms with Crippen LogP contribution in [-0.2, 0) is 4.79 Å². The fourth-order valence-electron chi connectivity index (χ4n) is 2.96. The van der Waals surface area contributed by atoms with Gasteiger partial charge in [0.15, 0.2) is 0 Å². The Morgan fingerprint density at radius 3 is 2.71 bits per heavy atom. The fourth-order valence-corrected chi connectivity index (χ4v) is 2.96. The minimum atomic E-state index is -1.17. The van der Waals surface area contributed by atoms with E-state index in [1.807, 2.05) is 42.5 Å². The highest BCUT2D eigenvalue weighted by Crippen LogP contribution is 2.25. The smallest absolute Gasteiger partial charge is 0.220 e. The van der Waals surface area contributed by atoms with Gasteiger partial charge >= 0.3 is 0 Å². The van der Waals surface area contributed by atoms with Gasteiger partial charge < -0.3 is 26.0 Å². The molecule has 1 aromatic carbocycles. The molecule has 6 nitrogen and oxygen atoms in total. The van der Waals surface area contributed by atoms with Crippen LogP contribution in [0.1, 0.15) is 25.3 Å². The van der Waals surface area contributed by atoms with Gasteiger partial charge in [-0.15, -0.1) is 0 Å². The summed E-state index contributed by atoms with van der Waals surface area (Å²) in [5, 5.41) is 35.9. The maximum atomic E-state index is 11.9. The van der Waals surface area contributed by atoms with Crippen LogP contribution in [0.15, 0.2) is 36.4 Å². The van der Waals surface area contributed by atoms with E-state index in [0.29, 0.717) is 6.42 Å². The summed E-state index contributed by atoms with van der Waals surface area (Å²) in [6, 6.07) is 9.10. The van der Waals surface area contributed by atoms with Crippen molar-refractivity contribution in [1.29, 1.82) is 0 Å². The van der Waals surface area contributed by atoms with Gasteiger partial charge in [-0.05, 0) is 12.0 Å². The molecule has 1 amide bonds. The summed E-state index contributed by atoms with van der Waals surface area (Å²) in [6.07, 6.45) is 2.10. The summed E-state index contributed by atoms with van der Waals surface area (Å²) >= 11 is 0. The SMILES string of the molecule is CCC(=O)N[C@@]1(CC=Cc2ccccc2)CN[C@H](CO)[C@@H](O)[C@@H]1O. The van der Waals surface area contributed by atoms with Gasteiger partial charge in [0.1, 0.15) is 6.10 Å². The average Bonchev–Trinajstić information content (AvgIpc) is 2.60. The summed E-state index contributed by atoms with van der Waals surface area (Å²) in [6.45, 7) is 1.72. The van der Waals surface area contributed by atoms with Crippen molar-refractivity contribution in [1.82, 2.24) is 10.6 Å². The first-order valence-corrected chi connectivity index (χ1v) is 8.25. The van der Waals surface area contributed by atoms with E-state index in [1.165, 1.54) is 0 Å². The second kappa shape index (κ2) is 8.39. The van der Waals surface area contributed by atoms with Gasteiger partial charge in [-0.25, -0.2) is 0 Å². The first-order valence-electron chi connectivity index (χ1n) is 8.25. The molecule has 0 saturated carbocycles. The Labute approximate surface area is 142 Å². The molecule has 5 N–H and O–H groups in total. The van der Waals surface area contributed by atoms with Gasteiger partial charge in [-0.2, -0.15) is 0 Å². The van der Waals surface area contributed by atoms with Crippen LogP contribution in [0.4, 0.5) is 0 Å². The van der Waals surface area contributed by atoms with Crippen LogP contribution in [0.25, 0.3) is 6.08 Å². The Morgan fingerprint density at radius 2 is 2.08 bits per heavy atom. The van der Waals surface area contributed by atoms with Gasteiger partial charge in [0.05, 0.1) is 24.3 Å². The molecular formula is C18H26N2O4. The number of aliphatic hydroxyl groups excluding tert-OH is 3. The number of carbonyl (C=O) groups is 1. The number of hydrogen-bond acceptors (Lipinski definition) is 5. The van der Waals surface area contributed by atoms with Gasteiger partial charge in [-0.3, -0.25) is 4.79 Å². The Hall–Kier alpha value is -1.73. The third kappa shape index (κ3) is 4.21. The van der Waals surface area contributed by atoms with E-state index in [4.69, 9.17) is 0 Å². The van der Waals surface area contributed by atoms with Gasteiger partial charge in [-0.1, -0.05) is 49.4 Å². The minimum absolute atomic E-state index is 0.196. The zero-order chi connectivity index (χ0) is 17.6. The lowest BCUT2D eigenvalue weighted by molar-refractivity contribution is -0.130.